The van der Waals surface area contributed by atoms with Gasteiger partial charge >= 0.3 is 6.18 Å². The molecule has 10 heteroatoms. The van der Waals surface area contributed by atoms with E-state index in [-0.39, 0.29) is 22.5 Å². The van der Waals surface area contributed by atoms with Crippen LogP contribution in [0.25, 0.3) is 11.8 Å². The molecule has 2 aromatic rings. The fourth-order valence-electron chi connectivity index (χ4n) is 3.36. The zero-order valence-electron chi connectivity index (χ0n) is 16.2. The first-order valence-corrected chi connectivity index (χ1v) is 9.71. The first-order chi connectivity index (χ1) is 14.1. The number of nitrogens with zero attached hydrogens (tertiary/aromatic N) is 4. The van der Waals surface area contributed by atoms with Gasteiger partial charge in [0, 0.05) is 17.1 Å². The van der Waals surface area contributed by atoms with Crippen LogP contribution in [0.4, 0.5) is 13.2 Å². The summed E-state index contributed by atoms with van der Waals surface area (Å²) in [5.74, 6) is -1.20. The lowest BCUT2D eigenvalue weighted by Crippen LogP contribution is -2.35. The predicted octanol–water partition coefficient (Wildman–Crippen LogP) is 4.58. The second-order valence-electron chi connectivity index (χ2n) is 6.92. The molecule has 2 aliphatic heterocycles. The molecule has 3 heterocycles. The van der Waals surface area contributed by atoms with Crippen LogP contribution in [0.5, 0.6) is 0 Å². The van der Waals surface area contributed by atoms with Crippen molar-refractivity contribution in [3.05, 3.63) is 58.4 Å². The minimum atomic E-state index is -4.67. The van der Waals surface area contributed by atoms with E-state index in [1.807, 2.05) is 55.7 Å². The minimum Gasteiger partial charge on any atom is -0.318 e. The van der Waals surface area contributed by atoms with Gasteiger partial charge in [-0.05, 0) is 67.9 Å². The summed E-state index contributed by atoms with van der Waals surface area (Å²) in [6.45, 7) is 5.78. The topological polar surface area (TPSA) is 73.8 Å². The summed E-state index contributed by atoms with van der Waals surface area (Å²) >= 11 is 0.234. The molecule has 1 N–H and O–H groups in total. The van der Waals surface area contributed by atoms with Gasteiger partial charge in [-0.25, -0.2) is 0 Å². The Balaban J connectivity index is 1.75. The van der Waals surface area contributed by atoms with Crippen LogP contribution < -0.4 is 0 Å². The highest BCUT2D eigenvalue weighted by Gasteiger charge is 2.46. The van der Waals surface area contributed by atoms with Gasteiger partial charge in [-0.1, -0.05) is 12.1 Å². The molecule has 0 spiro atoms. The number of hydrazone groups is 1. The van der Waals surface area contributed by atoms with E-state index in [2.05, 4.69) is 10.1 Å². The van der Waals surface area contributed by atoms with E-state index in [4.69, 9.17) is 5.41 Å². The fourth-order valence-corrected chi connectivity index (χ4v) is 4.12. The number of aliphatic imine (C=N–C) groups is 1. The Hall–Kier alpha value is -3.14. The van der Waals surface area contributed by atoms with Crippen molar-refractivity contribution >= 4 is 39.8 Å². The molecule has 0 saturated heterocycles. The van der Waals surface area contributed by atoms with E-state index >= 15 is 0 Å². The standard InChI is InChI=1S/C20H16F3N5OS/c1-10-5-4-6-14(7-10)27-11(2)8-13(12(27)3)9-15-16(24)28-19(25-17(15)29)30-18(26-28)20(21,22)23/h4-9,24H,1-3H3. The quantitative estimate of drug-likeness (QED) is 0.707. The summed E-state index contributed by atoms with van der Waals surface area (Å²) in [7, 11) is 0. The Morgan fingerprint density at radius 3 is 2.57 bits per heavy atom. The lowest BCUT2D eigenvalue weighted by molar-refractivity contribution is -0.114. The van der Waals surface area contributed by atoms with Crippen molar-refractivity contribution in [3.8, 4) is 5.69 Å². The highest BCUT2D eigenvalue weighted by Crippen LogP contribution is 2.35. The number of hydrogen-bond acceptors (Lipinski definition) is 4. The molecule has 0 aliphatic carbocycles. The number of thioether (sulfide) groups is 1. The monoisotopic (exact) mass is 431 g/mol. The average molecular weight is 431 g/mol. The number of nitrogens with one attached hydrogen (secondary N) is 1. The van der Waals surface area contributed by atoms with Crippen molar-refractivity contribution in [2.75, 3.05) is 0 Å². The molecule has 0 atom stereocenters. The normalized spacial score (nSPS) is 18.1. The van der Waals surface area contributed by atoms with Gasteiger partial charge in [0.05, 0.1) is 5.57 Å². The average Bonchev–Trinajstić information content (AvgIpc) is 3.20. The summed E-state index contributed by atoms with van der Waals surface area (Å²) in [5.41, 5.74) is 4.35. The number of hydrogen-bond donors (Lipinski definition) is 1. The van der Waals surface area contributed by atoms with Crippen LogP contribution in [0.2, 0.25) is 0 Å². The highest BCUT2D eigenvalue weighted by molar-refractivity contribution is 8.27. The van der Waals surface area contributed by atoms with Crippen LogP contribution >= 0.6 is 11.8 Å². The Kier molecular flexibility index (Phi) is 4.69. The summed E-state index contributed by atoms with van der Waals surface area (Å²) in [6, 6.07) is 9.77. The van der Waals surface area contributed by atoms with Crippen molar-refractivity contribution in [2.24, 2.45) is 10.1 Å². The second-order valence-corrected chi connectivity index (χ2v) is 7.88. The van der Waals surface area contributed by atoms with Gasteiger partial charge in [-0.3, -0.25) is 10.2 Å². The van der Waals surface area contributed by atoms with Gasteiger partial charge in [0.2, 0.25) is 10.2 Å². The van der Waals surface area contributed by atoms with E-state index in [9.17, 15) is 18.0 Å². The molecule has 1 aromatic heterocycles. The third-order valence-electron chi connectivity index (χ3n) is 4.73. The van der Waals surface area contributed by atoms with E-state index in [1.165, 1.54) is 6.08 Å². The second kappa shape index (κ2) is 6.98. The minimum absolute atomic E-state index is 0.115. The number of carbonyl (C=O) groups excluding carboxylic acids is 1. The molecule has 0 saturated carbocycles. The molecule has 0 bridgehead atoms. The Morgan fingerprint density at radius 2 is 1.90 bits per heavy atom. The highest BCUT2D eigenvalue weighted by atomic mass is 32.2. The van der Waals surface area contributed by atoms with Crippen LogP contribution in [0.3, 0.4) is 0 Å². The van der Waals surface area contributed by atoms with Crippen LogP contribution in [0.15, 0.2) is 46.0 Å². The lowest BCUT2D eigenvalue weighted by Gasteiger charge is -2.20. The summed E-state index contributed by atoms with van der Waals surface area (Å²) < 4.78 is 40.9. The zero-order chi connectivity index (χ0) is 21.8. The van der Waals surface area contributed by atoms with E-state index in [0.29, 0.717) is 5.56 Å². The molecular formula is C20H16F3N5OS. The maximum atomic E-state index is 13.0. The van der Waals surface area contributed by atoms with Crippen molar-refractivity contribution in [3.63, 3.8) is 0 Å². The third-order valence-corrected chi connectivity index (χ3v) is 5.68. The number of halogens is 3. The van der Waals surface area contributed by atoms with Crippen LogP contribution in [0.1, 0.15) is 22.5 Å². The molecule has 154 valence electrons. The molecule has 6 nitrogen and oxygen atoms in total. The number of aryl methyl sites for hydroxylation is 2. The Labute approximate surface area is 174 Å². The fraction of sp³-hybridized carbons (Fsp3) is 0.200. The number of amidine groups is 2. The van der Waals surface area contributed by atoms with Crippen LogP contribution in [-0.2, 0) is 4.79 Å². The smallest absolute Gasteiger partial charge is 0.318 e. The van der Waals surface area contributed by atoms with Gasteiger partial charge in [-0.2, -0.15) is 28.3 Å². The maximum Gasteiger partial charge on any atom is 0.441 e. The predicted molar refractivity (Wildman–Crippen MR) is 111 cm³/mol. The van der Waals surface area contributed by atoms with Gasteiger partial charge in [0.1, 0.15) is 0 Å². The van der Waals surface area contributed by atoms with Crippen molar-refractivity contribution < 1.29 is 18.0 Å². The first-order valence-electron chi connectivity index (χ1n) is 8.89. The number of aromatic nitrogens is 1. The molecule has 1 aromatic carbocycles. The SMILES string of the molecule is Cc1cccc(-n2c(C)cc(C=C3C(=N)N4N=C(C(F)(F)F)SC4=NC3=O)c2C)c1. The summed E-state index contributed by atoms with van der Waals surface area (Å²) in [6.07, 6.45) is -3.19. The molecule has 1 amide bonds. The number of carbonyl (C=O) groups is 1. The van der Waals surface area contributed by atoms with Crippen molar-refractivity contribution in [1.82, 2.24) is 9.58 Å². The molecule has 2 aliphatic rings. The first kappa shape index (κ1) is 20.1. The number of benzene rings is 1. The van der Waals surface area contributed by atoms with Gasteiger partial charge in [0.15, 0.2) is 5.84 Å². The van der Waals surface area contributed by atoms with E-state index < -0.39 is 23.0 Å². The largest absolute Gasteiger partial charge is 0.441 e. The molecule has 0 radical (unpaired) electrons. The summed E-state index contributed by atoms with van der Waals surface area (Å²) in [5, 5.41) is 11.0. The maximum absolute atomic E-state index is 13.0. The van der Waals surface area contributed by atoms with Crippen molar-refractivity contribution in [1.29, 1.82) is 5.41 Å². The number of alkyl halides is 3. The molecule has 0 unspecified atom stereocenters. The lowest BCUT2D eigenvalue weighted by atomic mass is 10.1. The van der Waals surface area contributed by atoms with Crippen molar-refractivity contribution in [2.45, 2.75) is 26.9 Å². The third kappa shape index (κ3) is 3.36. The molecule has 30 heavy (non-hydrogen) atoms. The zero-order valence-corrected chi connectivity index (χ0v) is 17.0. The van der Waals surface area contributed by atoms with E-state index in [0.717, 1.165) is 27.6 Å². The summed E-state index contributed by atoms with van der Waals surface area (Å²) in [4.78, 5) is 16.2. The Bertz CT molecular complexity index is 1190. The molecular weight excluding hydrogens is 415 g/mol. The Morgan fingerprint density at radius 1 is 1.17 bits per heavy atom. The number of rotatable bonds is 2. The van der Waals surface area contributed by atoms with Gasteiger partial charge < -0.3 is 4.57 Å². The van der Waals surface area contributed by atoms with E-state index in [1.54, 1.807) is 0 Å². The van der Waals surface area contributed by atoms with Crippen LogP contribution in [0, 0.1) is 26.2 Å². The van der Waals surface area contributed by atoms with Gasteiger partial charge in [-0.15, -0.1) is 0 Å². The van der Waals surface area contributed by atoms with Crippen LogP contribution in [-0.4, -0.2) is 37.7 Å². The number of amides is 1. The molecule has 0 fully saturated rings. The number of fused-ring (bicyclic) bond motifs is 1. The molecule has 4 rings (SSSR count). The van der Waals surface area contributed by atoms with Gasteiger partial charge in [0.25, 0.3) is 5.91 Å².